The Morgan fingerprint density at radius 1 is 1.29 bits per heavy atom. The molecule has 0 unspecified atom stereocenters. The number of piperidine rings is 1. The van der Waals surface area contributed by atoms with Gasteiger partial charge < -0.3 is 14.6 Å². The van der Waals surface area contributed by atoms with Crippen LogP contribution in [-0.2, 0) is 17.6 Å². The molecular weight excluding hydrogens is 302 g/mol. The van der Waals surface area contributed by atoms with Gasteiger partial charge in [0.25, 0.3) is 0 Å². The van der Waals surface area contributed by atoms with Crippen LogP contribution in [0, 0.1) is 5.92 Å². The highest BCUT2D eigenvalue weighted by atomic mass is 16.5. The predicted molar refractivity (Wildman–Crippen MR) is 92.9 cm³/mol. The van der Waals surface area contributed by atoms with E-state index >= 15 is 0 Å². The number of H-pyrrole nitrogens is 1. The van der Waals surface area contributed by atoms with Crippen molar-refractivity contribution < 1.29 is 9.53 Å². The van der Waals surface area contributed by atoms with Crippen molar-refractivity contribution in [1.29, 1.82) is 0 Å². The Labute approximate surface area is 143 Å². The second-order valence-corrected chi connectivity index (χ2v) is 6.45. The summed E-state index contributed by atoms with van der Waals surface area (Å²) in [4.78, 5) is 21.4. The van der Waals surface area contributed by atoms with E-state index in [1.54, 1.807) is 19.6 Å². The number of amides is 1. The van der Waals surface area contributed by atoms with Crippen molar-refractivity contribution in [1.82, 2.24) is 14.9 Å². The Morgan fingerprint density at radius 2 is 2.04 bits per heavy atom. The van der Waals surface area contributed by atoms with Crippen molar-refractivity contribution >= 4 is 5.91 Å². The van der Waals surface area contributed by atoms with E-state index < -0.39 is 0 Å². The monoisotopic (exact) mass is 327 g/mol. The van der Waals surface area contributed by atoms with Crippen LogP contribution >= 0.6 is 0 Å². The van der Waals surface area contributed by atoms with Crippen molar-refractivity contribution in [3.05, 3.63) is 48.0 Å². The van der Waals surface area contributed by atoms with Gasteiger partial charge in [-0.15, -0.1) is 0 Å². The lowest BCUT2D eigenvalue weighted by molar-refractivity contribution is -0.132. The molecule has 1 aromatic carbocycles. The zero-order valence-corrected chi connectivity index (χ0v) is 14.2. The van der Waals surface area contributed by atoms with Crippen molar-refractivity contribution in [2.45, 2.75) is 32.1 Å². The van der Waals surface area contributed by atoms with Crippen LogP contribution in [0.2, 0.25) is 0 Å². The van der Waals surface area contributed by atoms with Crippen LogP contribution in [0.5, 0.6) is 5.75 Å². The number of carbonyl (C=O) groups excluding carboxylic acids is 1. The molecule has 1 aliphatic rings. The van der Waals surface area contributed by atoms with Gasteiger partial charge in [0.05, 0.1) is 13.4 Å². The summed E-state index contributed by atoms with van der Waals surface area (Å²) < 4.78 is 5.20. The maximum absolute atomic E-state index is 12.3. The number of imidazole rings is 1. The van der Waals surface area contributed by atoms with E-state index in [4.69, 9.17) is 4.74 Å². The number of aromatic amines is 1. The SMILES string of the molecule is COc1ccc(CC2CCN(C(=O)CCc3cnc[nH]3)CC2)cc1. The summed E-state index contributed by atoms with van der Waals surface area (Å²) >= 11 is 0. The highest BCUT2D eigenvalue weighted by Crippen LogP contribution is 2.23. The van der Waals surface area contributed by atoms with Crippen molar-refractivity contribution in [2.75, 3.05) is 20.2 Å². The van der Waals surface area contributed by atoms with E-state index in [-0.39, 0.29) is 5.91 Å². The third kappa shape index (κ3) is 4.37. The summed E-state index contributed by atoms with van der Waals surface area (Å²) in [7, 11) is 1.69. The maximum atomic E-state index is 12.3. The van der Waals surface area contributed by atoms with Gasteiger partial charge in [-0.1, -0.05) is 12.1 Å². The van der Waals surface area contributed by atoms with Crippen LogP contribution in [0.1, 0.15) is 30.5 Å². The first-order valence-corrected chi connectivity index (χ1v) is 8.62. The second kappa shape index (κ2) is 7.99. The number of aryl methyl sites for hydroxylation is 1. The molecule has 0 bridgehead atoms. The number of carbonyl (C=O) groups is 1. The van der Waals surface area contributed by atoms with Gasteiger partial charge in [-0.05, 0) is 49.3 Å². The van der Waals surface area contributed by atoms with E-state index in [0.29, 0.717) is 12.3 Å². The van der Waals surface area contributed by atoms with Gasteiger partial charge in [-0.25, -0.2) is 4.98 Å². The average Bonchev–Trinajstić information content (AvgIpc) is 3.14. The van der Waals surface area contributed by atoms with Crippen molar-refractivity contribution in [2.24, 2.45) is 5.92 Å². The molecule has 2 aromatic rings. The molecule has 0 atom stereocenters. The molecular formula is C19H25N3O2. The Balaban J connectivity index is 1.42. The lowest BCUT2D eigenvalue weighted by atomic mass is 9.90. The molecule has 0 spiro atoms. The minimum atomic E-state index is 0.257. The summed E-state index contributed by atoms with van der Waals surface area (Å²) in [5.74, 6) is 1.82. The molecule has 1 aliphatic heterocycles. The number of methoxy groups -OCH3 is 1. The standard InChI is InChI=1S/C19H25N3O2/c1-24-18-5-2-15(3-6-18)12-16-8-10-22(11-9-16)19(23)7-4-17-13-20-14-21-17/h2-3,5-6,13-14,16H,4,7-12H2,1H3,(H,20,21). The fourth-order valence-corrected chi connectivity index (χ4v) is 3.30. The van der Waals surface area contributed by atoms with Crippen LogP contribution < -0.4 is 4.74 Å². The van der Waals surface area contributed by atoms with Gasteiger partial charge >= 0.3 is 0 Å². The molecule has 128 valence electrons. The number of likely N-dealkylation sites (tertiary alicyclic amines) is 1. The number of aromatic nitrogens is 2. The van der Waals surface area contributed by atoms with Crippen LogP contribution in [0.4, 0.5) is 0 Å². The average molecular weight is 327 g/mol. The normalized spacial score (nSPS) is 15.5. The molecule has 1 N–H and O–H groups in total. The number of ether oxygens (including phenoxy) is 1. The molecule has 1 aromatic heterocycles. The van der Waals surface area contributed by atoms with Gasteiger partial charge in [0.2, 0.25) is 5.91 Å². The quantitative estimate of drug-likeness (QED) is 0.887. The Hall–Kier alpha value is -2.30. The fourth-order valence-electron chi connectivity index (χ4n) is 3.30. The summed E-state index contributed by atoms with van der Waals surface area (Å²) in [5.41, 5.74) is 2.37. The lowest BCUT2D eigenvalue weighted by Crippen LogP contribution is -2.39. The second-order valence-electron chi connectivity index (χ2n) is 6.45. The highest BCUT2D eigenvalue weighted by molar-refractivity contribution is 5.76. The Morgan fingerprint density at radius 3 is 2.67 bits per heavy atom. The number of rotatable bonds is 6. The minimum absolute atomic E-state index is 0.257. The summed E-state index contributed by atoms with van der Waals surface area (Å²) in [5, 5.41) is 0. The van der Waals surface area contributed by atoms with Crippen LogP contribution in [0.3, 0.4) is 0 Å². The third-order valence-electron chi connectivity index (χ3n) is 4.81. The van der Waals surface area contributed by atoms with Crippen LogP contribution in [-0.4, -0.2) is 41.0 Å². The van der Waals surface area contributed by atoms with Gasteiger partial charge in [0.1, 0.15) is 5.75 Å². The van der Waals surface area contributed by atoms with Crippen molar-refractivity contribution in [3.63, 3.8) is 0 Å². The molecule has 2 heterocycles. The van der Waals surface area contributed by atoms with Gasteiger partial charge in [0, 0.05) is 31.4 Å². The maximum Gasteiger partial charge on any atom is 0.222 e. The fraction of sp³-hybridized carbons (Fsp3) is 0.474. The topological polar surface area (TPSA) is 58.2 Å². The van der Waals surface area contributed by atoms with E-state index in [1.807, 2.05) is 17.0 Å². The summed E-state index contributed by atoms with van der Waals surface area (Å²) in [6.07, 6.45) is 8.00. The van der Waals surface area contributed by atoms with E-state index in [9.17, 15) is 4.79 Å². The van der Waals surface area contributed by atoms with E-state index in [1.165, 1.54) is 5.56 Å². The van der Waals surface area contributed by atoms with E-state index in [2.05, 4.69) is 22.1 Å². The minimum Gasteiger partial charge on any atom is -0.497 e. The molecule has 1 fully saturated rings. The summed E-state index contributed by atoms with van der Waals surface area (Å²) in [6, 6.07) is 8.31. The molecule has 5 heteroatoms. The zero-order chi connectivity index (χ0) is 16.8. The van der Waals surface area contributed by atoms with Crippen molar-refractivity contribution in [3.8, 4) is 5.75 Å². The number of benzene rings is 1. The van der Waals surface area contributed by atoms with Gasteiger partial charge in [0.15, 0.2) is 0 Å². The molecule has 1 saturated heterocycles. The molecule has 3 rings (SSSR count). The smallest absolute Gasteiger partial charge is 0.222 e. The van der Waals surface area contributed by atoms with Gasteiger partial charge in [-0.2, -0.15) is 0 Å². The third-order valence-corrected chi connectivity index (χ3v) is 4.81. The lowest BCUT2D eigenvalue weighted by Gasteiger charge is -2.32. The zero-order valence-electron chi connectivity index (χ0n) is 14.2. The van der Waals surface area contributed by atoms with E-state index in [0.717, 1.165) is 50.2 Å². The molecule has 0 saturated carbocycles. The van der Waals surface area contributed by atoms with Crippen LogP contribution in [0.25, 0.3) is 0 Å². The number of hydrogen-bond donors (Lipinski definition) is 1. The number of nitrogens with one attached hydrogen (secondary N) is 1. The molecule has 1 amide bonds. The predicted octanol–water partition coefficient (Wildman–Crippen LogP) is 2.83. The summed E-state index contributed by atoms with van der Waals surface area (Å²) in [6.45, 7) is 1.76. The molecule has 0 radical (unpaired) electrons. The number of nitrogens with zero attached hydrogens (tertiary/aromatic N) is 2. The molecule has 0 aliphatic carbocycles. The highest BCUT2D eigenvalue weighted by Gasteiger charge is 2.22. The first-order chi connectivity index (χ1) is 11.7. The van der Waals surface area contributed by atoms with Gasteiger partial charge in [-0.3, -0.25) is 4.79 Å². The first-order valence-electron chi connectivity index (χ1n) is 8.62. The largest absolute Gasteiger partial charge is 0.497 e. The first kappa shape index (κ1) is 16.6. The molecule has 24 heavy (non-hydrogen) atoms. The Bertz CT molecular complexity index is 629. The van der Waals surface area contributed by atoms with Crippen LogP contribution in [0.15, 0.2) is 36.8 Å². The Kier molecular flexibility index (Phi) is 5.51. The molecule has 5 nitrogen and oxygen atoms in total. The number of hydrogen-bond acceptors (Lipinski definition) is 3.